The number of hydrogen-bond donors (Lipinski definition) is 1. The molecule has 0 unspecified atom stereocenters. The molecule has 2 saturated heterocycles. The first-order valence-electron chi connectivity index (χ1n) is 4.74. The molecule has 2 heterocycles. The van der Waals surface area contributed by atoms with Gasteiger partial charge in [-0.3, -0.25) is 9.69 Å². The highest BCUT2D eigenvalue weighted by Crippen LogP contribution is 2.30. The topological polar surface area (TPSA) is 40.5 Å². The highest BCUT2D eigenvalue weighted by molar-refractivity contribution is 5.70. The van der Waals surface area contributed by atoms with Crippen molar-refractivity contribution in [1.29, 1.82) is 0 Å². The Balaban J connectivity index is 1.98. The lowest BCUT2D eigenvalue weighted by Gasteiger charge is -2.28. The molecule has 0 saturated carbocycles. The lowest BCUT2D eigenvalue weighted by molar-refractivity contribution is -0.141. The summed E-state index contributed by atoms with van der Waals surface area (Å²) in [6, 6.07) is 0.583. The van der Waals surface area contributed by atoms with Crippen molar-refractivity contribution in [1.82, 2.24) is 4.90 Å². The van der Waals surface area contributed by atoms with E-state index in [-0.39, 0.29) is 5.92 Å². The van der Waals surface area contributed by atoms with Crippen molar-refractivity contribution in [2.75, 3.05) is 13.1 Å². The Labute approximate surface area is 72.4 Å². The molecule has 2 fully saturated rings. The predicted octanol–water partition coefficient (Wildman–Crippen LogP) is 0.945. The second-order valence-corrected chi connectivity index (χ2v) is 3.92. The molecule has 3 heteroatoms. The molecule has 12 heavy (non-hydrogen) atoms. The minimum absolute atomic E-state index is 0.0897. The maximum Gasteiger partial charge on any atom is 0.307 e. The maximum atomic E-state index is 10.7. The van der Waals surface area contributed by atoms with Crippen molar-refractivity contribution in [3.63, 3.8) is 0 Å². The number of piperidine rings is 1. The van der Waals surface area contributed by atoms with Crippen molar-refractivity contribution in [2.45, 2.75) is 31.7 Å². The molecule has 0 aromatic heterocycles. The van der Waals surface area contributed by atoms with Gasteiger partial charge in [-0.2, -0.15) is 0 Å². The van der Waals surface area contributed by atoms with Gasteiger partial charge in [-0.05, 0) is 25.8 Å². The van der Waals surface area contributed by atoms with Crippen LogP contribution < -0.4 is 0 Å². The Morgan fingerprint density at radius 3 is 2.92 bits per heavy atom. The number of carboxylic acid groups (broad SMARTS) is 1. The van der Waals surface area contributed by atoms with Gasteiger partial charge >= 0.3 is 5.97 Å². The molecular formula is C9H15NO2. The van der Waals surface area contributed by atoms with Crippen molar-refractivity contribution >= 4 is 5.97 Å². The van der Waals surface area contributed by atoms with Gasteiger partial charge in [0.1, 0.15) is 0 Å². The molecule has 0 amide bonds. The fraction of sp³-hybridized carbons (Fsp3) is 0.889. The van der Waals surface area contributed by atoms with Gasteiger partial charge in [0.2, 0.25) is 0 Å². The first-order chi connectivity index (χ1) is 5.77. The molecule has 3 nitrogen and oxygen atoms in total. The highest BCUT2D eigenvalue weighted by Gasteiger charge is 2.36. The van der Waals surface area contributed by atoms with Crippen molar-refractivity contribution in [3.05, 3.63) is 0 Å². The first-order valence-corrected chi connectivity index (χ1v) is 4.74. The molecule has 0 radical (unpaired) electrons. The number of aliphatic carboxylic acids is 1. The van der Waals surface area contributed by atoms with E-state index in [1.165, 1.54) is 19.3 Å². The van der Waals surface area contributed by atoms with E-state index < -0.39 is 5.97 Å². The van der Waals surface area contributed by atoms with Gasteiger partial charge in [0, 0.05) is 12.6 Å². The number of hydrogen-bond acceptors (Lipinski definition) is 2. The summed E-state index contributed by atoms with van der Waals surface area (Å²) in [6.45, 7) is 1.91. The quantitative estimate of drug-likeness (QED) is 0.635. The van der Waals surface area contributed by atoms with Gasteiger partial charge in [0.25, 0.3) is 0 Å². The van der Waals surface area contributed by atoms with E-state index in [1.807, 2.05) is 0 Å². The van der Waals surface area contributed by atoms with Gasteiger partial charge in [-0.1, -0.05) is 6.42 Å². The van der Waals surface area contributed by atoms with Crippen LogP contribution in [0.4, 0.5) is 0 Å². The Morgan fingerprint density at radius 1 is 1.42 bits per heavy atom. The van der Waals surface area contributed by atoms with Crippen molar-refractivity contribution < 1.29 is 9.90 Å². The minimum Gasteiger partial charge on any atom is -0.481 e. The van der Waals surface area contributed by atoms with Gasteiger partial charge in [0.15, 0.2) is 0 Å². The van der Waals surface area contributed by atoms with Crippen LogP contribution in [0.3, 0.4) is 0 Å². The van der Waals surface area contributed by atoms with Crippen LogP contribution >= 0.6 is 0 Å². The zero-order valence-electron chi connectivity index (χ0n) is 7.20. The Morgan fingerprint density at radius 2 is 2.25 bits per heavy atom. The molecule has 68 valence electrons. The molecule has 2 aliphatic rings. The predicted molar refractivity (Wildman–Crippen MR) is 45.0 cm³/mol. The summed E-state index contributed by atoms with van der Waals surface area (Å²) in [5.41, 5.74) is 0. The van der Waals surface area contributed by atoms with Crippen molar-refractivity contribution in [3.8, 4) is 0 Å². The SMILES string of the molecule is O=C(O)[C@@H]1C[C@H]2CCCCN2C1. The van der Waals surface area contributed by atoms with Gasteiger partial charge in [-0.15, -0.1) is 0 Å². The van der Waals surface area contributed by atoms with E-state index in [0.717, 1.165) is 19.5 Å². The van der Waals surface area contributed by atoms with Crippen LogP contribution in [0, 0.1) is 5.92 Å². The van der Waals surface area contributed by atoms with Gasteiger partial charge in [-0.25, -0.2) is 0 Å². The number of nitrogens with zero attached hydrogens (tertiary/aromatic N) is 1. The minimum atomic E-state index is -0.607. The summed E-state index contributed by atoms with van der Waals surface area (Å²) >= 11 is 0. The molecule has 0 aliphatic carbocycles. The number of rotatable bonds is 1. The van der Waals surface area contributed by atoms with Crippen LogP contribution in [0.25, 0.3) is 0 Å². The second-order valence-electron chi connectivity index (χ2n) is 3.92. The molecule has 0 aromatic rings. The summed E-state index contributed by atoms with van der Waals surface area (Å²) in [7, 11) is 0. The summed E-state index contributed by atoms with van der Waals surface area (Å²) in [5, 5.41) is 8.83. The third-order valence-corrected chi connectivity index (χ3v) is 3.11. The van der Waals surface area contributed by atoms with Crippen LogP contribution in [0.5, 0.6) is 0 Å². The zero-order valence-corrected chi connectivity index (χ0v) is 7.20. The molecule has 2 atom stereocenters. The Bertz CT molecular complexity index is 179. The molecule has 0 aromatic carbocycles. The highest BCUT2D eigenvalue weighted by atomic mass is 16.4. The second kappa shape index (κ2) is 3.05. The molecular weight excluding hydrogens is 154 g/mol. The van der Waals surface area contributed by atoms with E-state index in [0.29, 0.717) is 6.04 Å². The Hall–Kier alpha value is -0.570. The normalized spacial score (nSPS) is 36.3. The number of fused-ring (bicyclic) bond motifs is 1. The monoisotopic (exact) mass is 169 g/mol. The third kappa shape index (κ3) is 1.33. The van der Waals surface area contributed by atoms with Crippen LogP contribution in [-0.4, -0.2) is 35.1 Å². The molecule has 0 bridgehead atoms. The van der Waals surface area contributed by atoms with Crippen LogP contribution in [-0.2, 0) is 4.79 Å². The lowest BCUT2D eigenvalue weighted by Crippen LogP contribution is -2.34. The van der Waals surface area contributed by atoms with E-state index in [1.54, 1.807) is 0 Å². The standard InChI is InChI=1S/C9H15NO2/c11-9(12)7-5-8-3-1-2-4-10(8)6-7/h7-8H,1-6H2,(H,11,12)/t7-,8-/m1/s1. The van der Waals surface area contributed by atoms with E-state index in [2.05, 4.69) is 4.90 Å². The fourth-order valence-corrected chi connectivity index (χ4v) is 2.43. The first kappa shape index (κ1) is 8.05. The van der Waals surface area contributed by atoms with Crippen LogP contribution in [0.1, 0.15) is 25.7 Å². The molecule has 2 rings (SSSR count). The molecule has 0 spiro atoms. The summed E-state index contributed by atoms with van der Waals surface area (Å²) in [5.74, 6) is -0.697. The van der Waals surface area contributed by atoms with Gasteiger partial charge in [0.05, 0.1) is 5.92 Å². The van der Waals surface area contributed by atoms with E-state index >= 15 is 0 Å². The van der Waals surface area contributed by atoms with Gasteiger partial charge < -0.3 is 5.11 Å². The molecule has 1 N–H and O–H groups in total. The summed E-state index contributed by atoms with van der Waals surface area (Å²) in [6.07, 6.45) is 4.63. The maximum absolute atomic E-state index is 10.7. The van der Waals surface area contributed by atoms with Crippen LogP contribution in [0.15, 0.2) is 0 Å². The largest absolute Gasteiger partial charge is 0.481 e. The van der Waals surface area contributed by atoms with Crippen molar-refractivity contribution in [2.24, 2.45) is 5.92 Å². The summed E-state index contributed by atoms with van der Waals surface area (Å²) < 4.78 is 0. The smallest absolute Gasteiger partial charge is 0.307 e. The Kier molecular flexibility index (Phi) is 2.05. The number of carboxylic acids is 1. The van der Waals surface area contributed by atoms with E-state index in [4.69, 9.17) is 5.11 Å². The average Bonchev–Trinajstić information content (AvgIpc) is 2.46. The average molecular weight is 169 g/mol. The lowest BCUT2D eigenvalue weighted by atomic mass is 10.00. The number of carbonyl (C=O) groups is 1. The fourth-order valence-electron chi connectivity index (χ4n) is 2.43. The summed E-state index contributed by atoms with van der Waals surface area (Å²) in [4.78, 5) is 13.1. The third-order valence-electron chi connectivity index (χ3n) is 3.11. The van der Waals surface area contributed by atoms with E-state index in [9.17, 15) is 4.79 Å². The van der Waals surface area contributed by atoms with Crippen LogP contribution in [0.2, 0.25) is 0 Å². The molecule has 2 aliphatic heterocycles. The zero-order chi connectivity index (χ0) is 8.55.